The molecule has 208 valence electrons. The van der Waals surface area contributed by atoms with Gasteiger partial charge >= 0.3 is 0 Å². The van der Waals surface area contributed by atoms with Crippen LogP contribution < -0.4 is 10.1 Å². The van der Waals surface area contributed by atoms with E-state index in [1.807, 2.05) is 48.5 Å². The number of ether oxygens (including phenoxy) is 1. The summed E-state index contributed by atoms with van der Waals surface area (Å²) in [4.78, 5) is 27.9. The fourth-order valence-electron chi connectivity index (χ4n) is 4.16. The van der Waals surface area contributed by atoms with Crippen LogP contribution in [0.15, 0.2) is 83.4 Å². The Morgan fingerprint density at radius 2 is 1.60 bits per heavy atom. The first-order valence-corrected chi connectivity index (χ1v) is 13.1. The second-order valence-corrected chi connectivity index (χ2v) is 10.6. The summed E-state index contributed by atoms with van der Waals surface area (Å²) in [5.74, 6) is 0.247. The monoisotopic (exact) mass is 543 g/mol. The average Bonchev–Trinajstić information content (AvgIpc) is 3.43. The van der Waals surface area contributed by atoms with Crippen LogP contribution in [-0.2, 0) is 24.9 Å². The number of nitrogens with one attached hydrogen (secondary N) is 1. The highest BCUT2D eigenvalue weighted by Gasteiger charge is 2.21. The predicted octanol–water partition coefficient (Wildman–Crippen LogP) is 5.93. The van der Waals surface area contributed by atoms with E-state index in [2.05, 4.69) is 31.2 Å². The van der Waals surface area contributed by atoms with Gasteiger partial charge in [0.1, 0.15) is 11.6 Å². The zero-order chi connectivity index (χ0) is 28.7. The number of hydrogen-bond donors (Lipinski definition) is 1. The van der Waals surface area contributed by atoms with Crippen LogP contribution in [0.4, 0.5) is 4.39 Å². The normalized spacial score (nSPS) is 11.2. The van der Waals surface area contributed by atoms with Crippen LogP contribution >= 0.6 is 0 Å². The Kier molecular flexibility index (Phi) is 8.99. The Bertz CT molecular complexity index is 1420. The molecule has 0 spiro atoms. The first-order valence-electron chi connectivity index (χ1n) is 13.1. The lowest BCUT2D eigenvalue weighted by atomic mass is 9.86. The SMILES string of the molecule is COc1ccc(CCN(Cc2cc(C(=O)NCc3ccc(F)cc3)no2)C(=O)c2ccc(C(C)(C)C)cc2)cc1. The number of halogens is 1. The van der Waals surface area contributed by atoms with Crippen LogP contribution in [0.3, 0.4) is 0 Å². The number of carbonyl (C=O) groups excluding carboxylic acids is 2. The summed E-state index contributed by atoms with van der Waals surface area (Å²) < 4.78 is 23.8. The fourth-order valence-corrected chi connectivity index (χ4v) is 4.16. The molecule has 2 amide bonds. The number of hydrogen-bond acceptors (Lipinski definition) is 5. The molecule has 0 unspecified atom stereocenters. The van der Waals surface area contributed by atoms with E-state index in [0.717, 1.165) is 22.4 Å². The minimum Gasteiger partial charge on any atom is -0.497 e. The topological polar surface area (TPSA) is 84.7 Å². The number of benzene rings is 3. The van der Waals surface area contributed by atoms with E-state index in [1.165, 1.54) is 18.2 Å². The third kappa shape index (κ3) is 7.56. The number of amides is 2. The molecule has 4 rings (SSSR count). The predicted molar refractivity (Wildman–Crippen MR) is 151 cm³/mol. The summed E-state index contributed by atoms with van der Waals surface area (Å²) in [6.07, 6.45) is 0.620. The third-order valence-electron chi connectivity index (χ3n) is 6.62. The quantitative estimate of drug-likeness (QED) is 0.268. The lowest BCUT2D eigenvalue weighted by Crippen LogP contribution is -2.32. The van der Waals surface area contributed by atoms with Gasteiger partial charge in [-0.2, -0.15) is 0 Å². The van der Waals surface area contributed by atoms with E-state index in [4.69, 9.17) is 9.26 Å². The molecule has 3 aromatic carbocycles. The Morgan fingerprint density at radius 3 is 2.23 bits per heavy atom. The lowest BCUT2D eigenvalue weighted by molar-refractivity contribution is 0.0729. The van der Waals surface area contributed by atoms with Crippen LogP contribution in [0.2, 0.25) is 0 Å². The Hall–Kier alpha value is -4.46. The Labute approximate surface area is 233 Å². The van der Waals surface area contributed by atoms with Crippen molar-refractivity contribution in [1.82, 2.24) is 15.4 Å². The molecule has 0 radical (unpaired) electrons. The third-order valence-corrected chi connectivity index (χ3v) is 6.62. The molecule has 1 aromatic heterocycles. The van der Waals surface area contributed by atoms with E-state index in [-0.39, 0.29) is 35.9 Å². The van der Waals surface area contributed by atoms with Crippen LogP contribution in [0, 0.1) is 5.82 Å². The van der Waals surface area contributed by atoms with Crippen LogP contribution in [0.25, 0.3) is 0 Å². The number of rotatable bonds is 10. The van der Waals surface area contributed by atoms with Crippen LogP contribution in [0.5, 0.6) is 5.75 Å². The van der Waals surface area contributed by atoms with E-state index < -0.39 is 5.91 Å². The summed E-state index contributed by atoms with van der Waals surface area (Å²) in [5, 5.41) is 6.65. The largest absolute Gasteiger partial charge is 0.497 e. The van der Waals surface area contributed by atoms with E-state index >= 15 is 0 Å². The van der Waals surface area contributed by atoms with Crippen molar-refractivity contribution in [3.8, 4) is 5.75 Å². The van der Waals surface area contributed by atoms with Crippen molar-refractivity contribution in [2.75, 3.05) is 13.7 Å². The molecular formula is C32H34FN3O4. The van der Waals surface area contributed by atoms with Gasteiger partial charge in [0.2, 0.25) is 0 Å². The first-order chi connectivity index (χ1) is 19.1. The highest BCUT2D eigenvalue weighted by atomic mass is 19.1. The molecule has 40 heavy (non-hydrogen) atoms. The van der Waals surface area contributed by atoms with Crippen molar-refractivity contribution in [2.45, 2.75) is 45.7 Å². The number of methoxy groups -OCH3 is 1. The minimum atomic E-state index is -0.423. The molecule has 1 heterocycles. The van der Waals surface area contributed by atoms with Gasteiger partial charge in [-0.25, -0.2) is 4.39 Å². The summed E-state index contributed by atoms with van der Waals surface area (Å²) in [6.45, 7) is 7.18. The minimum absolute atomic E-state index is 0.0247. The summed E-state index contributed by atoms with van der Waals surface area (Å²) in [5.41, 5.74) is 3.60. The standard InChI is InChI=1S/C32H34FN3O4/c1-32(2,3)25-11-9-24(10-12-25)31(38)36(18-17-22-7-15-27(39-4)16-8-22)21-28-19-29(35-40-28)30(37)34-20-23-5-13-26(33)14-6-23/h5-16,19H,17-18,20-21H2,1-4H3,(H,34,37). The van der Waals surface area contributed by atoms with E-state index in [1.54, 1.807) is 24.1 Å². The molecule has 0 atom stereocenters. The molecule has 0 saturated heterocycles. The summed E-state index contributed by atoms with van der Waals surface area (Å²) >= 11 is 0. The van der Waals surface area contributed by atoms with Crippen molar-refractivity contribution in [2.24, 2.45) is 0 Å². The molecule has 0 aliphatic carbocycles. The van der Waals surface area contributed by atoms with Crippen molar-refractivity contribution in [3.63, 3.8) is 0 Å². The molecule has 7 nitrogen and oxygen atoms in total. The summed E-state index contributed by atoms with van der Waals surface area (Å²) in [7, 11) is 1.62. The molecule has 0 fully saturated rings. The first kappa shape index (κ1) is 28.5. The van der Waals surface area contributed by atoms with Gasteiger partial charge < -0.3 is 19.5 Å². The van der Waals surface area contributed by atoms with Gasteiger partial charge in [-0.3, -0.25) is 9.59 Å². The highest BCUT2D eigenvalue weighted by molar-refractivity contribution is 5.94. The van der Waals surface area contributed by atoms with Gasteiger partial charge in [0.25, 0.3) is 11.8 Å². The maximum atomic E-state index is 13.6. The average molecular weight is 544 g/mol. The smallest absolute Gasteiger partial charge is 0.273 e. The zero-order valence-electron chi connectivity index (χ0n) is 23.2. The maximum Gasteiger partial charge on any atom is 0.273 e. The number of carbonyl (C=O) groups is 2. The van der Waals surface area contributed by atoms with E-state index in [9.17, 15) is 14.0 Å². The maximum absolute atomic E-state index is 13.6. The fraction of sp³-hybridized carbons (Fsp3) is 0.281. The second-order valence-electron chi connectivity index (χ2n) is 10.6. The molecule has 1 N–H and O–H groups in total. The van der Waals surface area contributed by atoms with Gasteiger partial charge in [-0.1, -0.05) is 62.3 Å². The van der Waals surface area contributed by atoms with Crippen LogP contribution in [0.1, 0.15) is 64.1 Å². The van der Waals surface area contributed by atoms with Crippen molar-refractivity contribution >= 4 is 11.8 Å². The summed E-state index contributed by atoms with van der Waals surface area (Å²) in [6, 6.07) is 22.8. The van der Waals surface area contributed by atoms with Gasteiger partial charge in [0.15, 0.2) is 11.5 Å². The highest BCUT2D eigenvalue weighted by Crippen LogP contribution is 2.23. The Morgan fingerprint density at radius 1 is 0.950 bits per heavy atom. The second kappa shape index (κ2) is 12.6. The van der Waals surface area contributed by atoms with Crippen molar-refractivity contribution in [1.29, 1.82) is 0 Å². The van der Waals surface area contributed by atoms with E-state index in [0.29, 0.717) is 24.3 Å². The molecule has 0 bridgehead atoms. The van der Waals surface area contributed by atoms with Gasteiger partial charge in [-0.15, -0.1) is 0 Å². The molecular weight excluding hydrogens is 509 g/mol. The molecule has 0 saturated carbocycles. The van der Waals surface area contributed by atoms with Gasteiger partial charge in [0.05, 0.1) is 13.7 Å². The molecule has 0 aliphatic rings. The molecule has 8 heteroatoms. The van der Waals surface area contributed by atoms with Gasteiger partial charge in [0, 0.05) is 24.7 Å². The molecule has 0 aliphatic heterocycles. The zero-order valence-corrected chi connectivity index (χ0v) is 23.2. The van der Waals surface area contributed by atoms with Gasteiger partial charge in [-0.05, 0) is 64.9 Å². The van der Waals surface area contributed by atoms with Crippen LogP contribution in [-0.4, -0.2) is 35.5 Å². The van der Waals surface area contributed by atoms with Crippen molar-refractivity contribution < 1.29 is 23.2 Å². The number of aromatic nitrogens is 1. The molecule has 4 aromatic rings. The number of nitrogens with zero attached hydrogens (tertiary/aromatic N) is 2. The Balaban J connectivity index is 1.47. The van der Waals surface area contributed by atoms with Crippen molar-refractivity contribution in [3.05, 3.63) is 118 Å². The lowest BCUT2D eigenvalue weighted by Gasteiger charge is -2.23.